The molecular weight excluding hydrogens is 228 g/mol. The molecule has 2 aliphatic carbocycles. The molecule has 0 radical (unpaired) electrons. The summed E-state index contributed by atoms with van der Waals surface area (Å²) in [6.45, 7) is 5.32. The predicted molar refractivity (Wildman–Crippen MR) is 69.9 cm³/mol. The van der Waals surface area contributed by atoms with Crippen LogP contribution < -0.4 is 5.32 Å². The van der Waals surface area contributed by atoms with Gasteiger partial charge in [0.25, 0.3) is 0 Å². The summed E-state index contributed by atoms with van der Waals surface area (Å²) in [6, 6.07) is 0. The van der Waals surface area contributed by atoms with E-state index in [1.54, 1.807) is 4.90 Å². The van der Waals surface area contributed by atoms with Gasteiger partial charge in [-0.1, -0.05) is 6.42 Å². The van der Waals surface area contributed by atoms with Crippen LogP contribution in [0.2, 0.25) is 0 Å². The van der Waals surface area contributed by atoms with Crippen molar-refractivity contribution in [1.29, 1.82) is 0 Å². The molecule has 2 saturated carbocycles. The van der Waals surface area contributed by atoms with Crippen molar-refractivity contribution in [3.8, 4) is 0 Å². The summed E-state index contributed by atoms with van der Waals surface area (Å²) in [7, 11) is 0. The molecule has 0 aromatic rings. The number of fused-ring (bicyclic) bond motifs is 2. The average Bonchev–Trinajstić information content (AvgIpc) is 2.97. The van der Waals surface area contributed by atoms with Crippen LogP contribution in [-0.2, 0) is 9.59 Å². The van der Waals surface area contributed by atoms with E-state index in [9.17, 15) is 9.59 Å². The lowest BCUT2D eigenvalue weighted by Gasteiger charge is -2.28. The van der Waals surface area contributed by atoms with Crippen molar-refractivity contribution >= 4 is 11.8 Å². The second kappa shape index (κ2) is 5.72. The lowest BCUT2D eigenvalue weighted by Crippen LogP contribution is -2.44. The summed E-state index contributed by atoms with van der Waals surface area (Å²) >= 11 is 0. The molecule has 102 valence electrons. The monoisotopic (exact) mass is 252 g/mol. The fourth-order valence-corrected chi connectivity index (χ4v) is 3.55. The Balaban J connectivity index is 1.91. The average molecular weight is 252 g/mol. The number of rotatable bonds is 5. The van der Waals surface area contributed by atoms with Gasteiger partial charge in [0.05, 0.1) is 6.54 Å². The van der Waals surface area contributed by atoms with Crippen LogP contribution in [0.4, 0.5) is 0 Å². The standard InChI is InChI=1S/C14H24N2O2/c1-3-15-13(17)9-16(4-2)14(18)12-8-10-5-6-11(12)7-10/h10-12H,3-9H2,1-2H3,(H,15,17). The van der Waals surface area contributed by atoms with E-state index in [1.165, 1.54) is 19.3 Å². The van der Waals surface area contributed by atoms with E-state index >= 15 is 0 Å². The molecule has 2 bridgehead atoms. The van der Waals surface area contributed by atoms with Crippen molar-refractivity contribution in [2.24, 2.45) is 17.8 Å². The second-order valence-electron chi connectivity index (χ2n) is 5.59. The summed E-state index contributed by atoms with van der Waals surface area (Å²) in [4.78, 5) is 25.8. The lowest BCUT2D eigenvalue weighted by atomic mass is 9.87. The quantitative estimate of drug-likeness (QED) is 0.804. The van der Waals surface area contributed by atoms with Gasteiger partial charge in [0.15, 0.2) is 0 Å². The third kappa shape index (κ3) is 2.68. The summed E-state index contributed by atoms with van der Waals surface area (Å²) in [6.07, 6.45) is 4.79. The van der Waals surface area contributed by atoms with Gasteiger partial charge in [0, 0.05) is 19.0 Å². The van der Waals surface area contributed by atoms with Crippen molar-refractivity contribution in [3.63, 3.8) is 0 Å². The minimum atomic E-state index is -0.0455. The molecule has 2 aliphatic rings. The summed E-state index contributed by atoms with van der Waals surface area (Å²) in [5, 5.41) is 2.76. The number of amides is 2. The molecule has 0 aromatic carbocycles. The molecule has 1 N–H and O–H groups in total. The zero-order valence-electron chi connectivity index (χ0n) is 11.4. The molecule has 0 aliphatic heterocycles. The van der Waals surface area contributed by atoms with Crippen LogP contribution >= 0.6 is 0 Å². The molecule has 0 aromatic heterocycles. The van der Waals surface area contributed by atoms with Gasteiger partial charge in [-0.15, -0.1) is 0 Å². The van der Waals surface area contributed by atoms with E-state index in [0.717, 1.165) is 12.3 Å². The SMILES string of the molecule is CCNC(=O)CN(CC)C(=O)C1CC2CCC1C2. The first-order valence-electron chi connectivity index (χ1n) is 7.21. The van der Waals surface area contributed by atoms with Crippen molar-refractivity contribution < 1.29 is 9.59 Å². The first-order chi connectivity index (χ1) is 8.65. The highest BCUT2D eigenvalue weighted by atomic mass is 16.2. The van der Waals surface area contributed by atoms with E-state index in [-0.39, 0.29) is 24.3 Å². The Morgan fingerprint density at radius 1 is 1.22 bits per heavy atom. The van der Waals surface area contributed by atoms with E-state index < -0.39 is 0 Å². The largest absolute Gasteiger partial charge is 0.355 e. The third-order valence-electron chi connectivity index (χ3n) is 4.46. The predicted octanol–water partition coefficient (Wildman–Crippen LogP) is 1.41. The van der Waals surface area contributed by atoms with Gasteiger partial charge in [-0.25, -0.2) is 0 Å². The molecule has 2 rings (SSSR count). The molecule has 4 nitrogen and oxygen atoms in total. The lowest BCUT2D eigenvalue weighted by molar-refractivity contribution is -0.140. The Hall–Kier alpha value is -1.06. The van der Waals surface area contributed by atoms with Crippen LogP contribution in [0.25, 0.3) is 0 Å². The smallest absolute Gasteiger partial charge is 0.239 e. The van der Waals surface area contributed by atoms with Gasteiger partial charge in [0.2, 0.25) is 11.8 Å². The fraction of sp³-hybridized carbons (Fsp3) is 0.857. The molecule has 4 heteroatoms. The number of likely N-dealkylation sites (N-methyl/N-ethyl adjacent to an activating group) is 2. The van der Waals surface area contributed by atoms with Gasteiger partial charge in [-0.2, -0.15) is 0 Å². The van der Waals surface area contributed by atoms with E-state index in [4.69, 9.17) is 0 Å². The fourth-order valence-electron chi connectivity index (χ4n) is 3.55. The van der Waals surface area contributed by atoms with Crippen molar-refractivity contribution in [2.45, 2.75) is 39.5 Å². The van der Waals surface area contributed by atoms with Gasteiger partial charge in [-0.05, 0) is 44.9 Å². The number of nitrogens with one attached hydrogen (secondary N) is 1. The Labute approximate surface area is 109 Å². The van der Waals surface area contributed by atoms with Gasteiger partial charge in [0.1, 0.15) is 0 Å². The van der Waals surface area contributed by atoms with Crippen molar-refractivity contribution in [3.05, 3.63) is 0 Å². The zero-order valence-corrected chi connectivity index (χ0v) is 11.4. The highest BCUT2D eigenvalue weighted by Gasteiger charge is 2.44. The summed E-state index contributed by atoms with van der Waals surface area (Å²) in [5.74, 6) is 1.71. The molecule has 3 unspecified atom stereocenters. The number of nitrogens with zero attached hydrogens (tertiary/aromatic N) is 1. The summed E-state index contributed by atoms with van der Waals surface area (Å²) in [5.41, 5.74) is 0. The van der Waals surface area contributed by atoms with Crippen LogP contribution in [0.15, 0.2) is 0 Å². The Morgan fingerprint density at radius 3 is 2.50 bits per heavy atom. The first kappa shape index (κ1) is 13.4. The molecular formula is C14H24N2O2. The Morgan fingerprint density at radius 2 is 2.00 bits per heavy atom. The van der Waals surface area contributed by atoms with Gasteiger partial charge < -0.3 is 10.2 Å². The zero-order chi connectivity index (χ0) is 13.1. The van der Waals surface area contributed by atoms with Crippen LogP contribution in [0.3, 0.4) is 0 Å². The number of carbonyl (C=O) groups is 2. The van der Waals surface area contributed by atoms with Crippen molar-refractivity contribution in [2.75, 3.05) is 19.6 Å². The minimum Gasteiger partial charge on any atom is -0.355 e. The van der Waals surface area contributed by atoms with Gasteiger partial charge in [-0.3, -0.25) is 9.59 Å². The van der Waals surface area contributed by atoms with Crippen LogP contribution in [-0.4, -0.2) is 36.3 Å². The highest BCUT2D eigenvalue weighted by molar-refractivity contribution is 5.86. The van der Waals surface area contributed by atoms with Crippen molar-refractivity contribution in [1.82, 2.24) is 10.2 Å². The normalized spacial score (nSPS) is 29.3. The molecule has 18 heavy (non-hydrogen) atoms. The molecule has 2 amide bonds. The Kier molecular flexibility index (Phi) is 4.25. The minimum absolute atomic E-state index is 0.0455. The van der Waals surface area contributed by atoms with Crippen LogP contribution in [0.5, 0.6) is 0 Å². The molecule has 3 atom stereocenters. The van der Waals surface area contributed by atoms with Crippen LogP contribution in [0, 0.1) is 17.8 Å². The van der Waals surface area contributed by atoms with Gasteiger partial charge >= 0.3 is 0 Å². The second-order valence-corrected chi connectivity index (χ2v) is 5.59. The Bertz CT molecular complexity index is 330. The maximum absolute atomic E-state index is 12.5. The van der Waals surface area contributed by atoms with E-state index in [1.807, 2.05) is 13.8 Å². The molecule has 0 heterocycles. The number of carbonyl (C=O) groups excluding carboxylic acids is 2. The number of hydrogen-bond donors (Lipinski definition) is 1. The highest BCUT2D eigenvalue weighted by Crippen LogP contribution is 2.48. The van der Waals surface area contributed by atoms with Crippen LogP contribution in [0.1, 0.15) is 39.5 Å². The summed E-state index contributed by atoms with van der Waals surface area (Å²) < 4.78 is 0. The first-order valence-corrected chi connectivity index (χ1v) is 7.21. The third-order valence-corrected chi connectivity index (χ3v) is 4.46. The topological polar surface area (TPSA) is 49.4 Å². The van der Waals surface area contributed by atoms with E-state index in [2.05, 4.69) is 5.32 Å². The molecule has 2 fully saturated rings. The van der Waals surface area contributed by atoms with E-state index in [0.29, 0.717) is 19.0 Å². The molecule has 0 spiro atoms. The number of hydrogen-bond acceptors (Lipinski definition) is 2. The molecule has 0 saturated heterocycles. The maximum Gasteiger partial charge on any atom is 0.239 e. The maximum atomic E-state index is 12.5.